The third-order valence-electron chi connectivity index (χ3n) is 4.79. The van der Waals surface area contributed by atoms with Crippen molar-refractivity contribution in [3.63, 3.8) is 0 Å². The van der Waals surface area contributed by atoms with Crippen molar-refractivity contribution in [1.82, 2.24) is 10.2 Å². The Labute approximate surface area is 144 Å². The van der Waals surface area contributed by atoms with E-state index in [2.05, 4.69) is 17.6 Å². The first-order valence-corrected chi connectivity index (χ1v) is 8.88. The van der Waals surface area contributed by atoms with Crippen molar-refractivity contribution in [2.75, 3.05) is 18.4 Å². The van der Waals surface area contributed by atoms with E-state index in [-0.39, 0.29) is 18.0 Å². The van der Waals surface area contributed by atoms with Crippen LogP contribution >= 0.6 is 0 Å². The van der Waals surface area contributed by atoms with E-state index in [1.165, 1.54) is 0 Å². The van der Waals surface area contributed by atoms with Gasteiger partial charge in [0.15, 0.2) is 0 Å². The van der Waals surface area contributed by atoms with Gasteiger partial charge in [0.25, 0.3) is 5.91 Å². The fourth-order valence-electron chi connectivity index (χ4n) is 2.76. The Hall–Kier alpha value is -2.04. The van der Waals surface area contributed by atoms with Crippen LogP contribution in [0.3, 0.4) is 0 Å². The van der Waals surface area contributed by atoms with Crippen molar-refractivity contribution in [3.05, 3.63) is 29.3 Å². The molecule has 0 saturated carbocycles. The maximum atomic E-state index is 12.4. The minimum Gasteiger partial charge on any atom is -0.350 e. The average Bonchev–Trinajstić information content (AvgIpc) is 2.56. The predicted molar refractivity (Wildman–Crippen MR) is 97.4 cm³/mol. The lowest BCUT2D eigenvalue weighted by atomic mass is 10.00. The molecule has 5 nitrogen and oxygen atoms in total. The van der Waals surface area contributed by atoms with Gasteiger partial charge in [0.2, 0.25) is 0 Å². The van der Waals surface area contributed by atoms with Crippen molar-refractivity contribution in [3.8, 4) is 0 Å². The molecule has 2 N–H and O–H groups in total. The minimum atomic E-state index is -0.0738. The number of urea groups is 1. The fourth-order valence-corrected chi connectivity index (χ4v) is 2.76. The lowest BCUT2D eigenvalue weighted by Crippen LogP contribution is -2.40. The van der Waals surface area contributed by atoms with Gasteiger partial charge in [0, 0.05) is 30.4 Å². The summed E-state index contributed by atoms with van der Waals surface area (Å²) >= 11 is 0. The molecule has 1 aliphatic rings. The van der Waals surface area contributed by atoms with Gasteiger partial charge in [-0.1, -0.05) is 13.8 Å². The third-order valence-corrected chi connectivity index (χ3v) is 4.79. The Bertz CT molecular complexity index is 592. The van der Waals surface area contributed by atoms with Gasteiger partial charge in [-0.05, 0) is 62.8 Å². The number of hydrogen-bond acceptors (Lipinski definition) is 2. The quantitative estimate of drug-likeness (QED) is 0.882. The highest BCUT2D eigenvalue weighted by Gasteiger charge is 2.20. The van der Waals surface area contributed by atoms with Gasteiger partial charge in [-0.15, -0.1) is 0 Å². The number of likely N-dealkylation sites (tertiary alicyclic amines) is 1. The summed E-state index contributed by atoms with van der Waals surface area (Å²) in [5.74, 6) is 0.620. The first-order valence-electron chi connectivity index (χ1n) is 8.88. The molecule has 1 atom stereocenters. The number of anilines is 1. The van der Waals surface area contributed by atoms with Crippen LogP contribution in [0.2, 0.25) is 0 Å². The molecule has 2 rings (SSSR count). The van der Waals surface area contributed by atoms with Crippen LogP contribution in [0.5, 0.6) is 0 Å². The third kappa shape index (κ3) is 4.73. The van der Waals surface area contributed by atoms with Crippen LogP contribution in [-0.2, 0) is 0 Å². The SMILES string of the molecule is CCC(C)NC(=O)c1ccc(NC(=O)N2CCC(C)CC2)c(C)c1. The molecule has 1 fully saturated rings. The summed E-state index contributed by atoms with van der Waals surface area (Å²) in [4.78, 5) is 26.4. The van der Waals surface area contributed by atoms with Crippen LogP contribution in [0.4, 0.5) is 10.5 Å². The number of benzene rings is 1. The second kappa shape index (κ2) is 8.18. The zero-order valence-corrected chi connectivity index (χ0v) is 15.2. The van der Waals surface area contributed by atoms with E-state index in [4.69, 9.17) is 0 Å². The number of hydrogen-bond donors (Lipinski definition) is 2. The van der Waals surface area contributed by atoms with Crippen molar-refractivity contribution < 1.29 is 9.59 Å². The summed E-state index contributed by atoms with van der Waals surface area (Å²) in [5.41, 5.74) is 2.28. The maximum Gasteiger partial charge on any atom is 0.321 e. The Kier molecular flexibility index (Phi) is 6.23. The topological polar surface area (TPSA) is 61.4 Å². The molecule has 3 amide bonds. The fraction of sp³-hybridized carbons (Fsp3) is 0.579. The van der Waals surface area contributed by atoms with Crippen molar-refractivity contribution in [2.45, 2.75) is 53.0 Å². The van der Waals surface area contributed by atoms with Crippen molar-refractivity contribution >= 4 is 17.6 Å². The molecule has 1 heterocycles. The number of piperidine rings is 1. The minimum absolute atomic E-state index is 0.0539. The van der Waals surface area contributed by atoms with Crippen molar-refractivity contribution in [1.29, 1.82) is 0 Å². The Morgan fingerprint density at radius 1 is 1.29 bits per heavy atom. The van der Waals surface area contributed by atoms with E-state index >= 15 is 0 Å². The van der Waals surface area contributed by atoms with Crippen LogP contribution in [0.25, 0.3) is 0 Å². The van der Waals surface area contributed by atoms with E-state index in [0.717, 1.165) is 43.6 Å². The maximum absolute atomic E-state index is 12.4. The van der Waals surface area contributed by atoms with E-state index < -0.39 is 0 Å². The molecule has 132 valence electrons. The molecule has 1 aromatic carbocycles. The molecule has 0 radical (unpaired) electrons. The number of carbonyl (C=O) groups excluding carboxylic acids is 2. The van der Waals surface area contributed by atoms with Gasteiger partial charge < -0.3 is 15.5 Å². The smallest absolute Gasteiger partial charge is 0.321 e. The molecule has 5 heteroatoms. The van der Waals surface area contributed by atoms with Gasteiger partial charge in [-0.2, -0.15) is 0 Å². The molecule has 1 aromatic rings. The lowest BCUT2D eigenvalue weighted by molar-refractivity contribution is 0.0939. The van der Waals surface area contributed by atoms with Crippen LogP contribution in [0.1, 0.15) is 56.0 Å². The number of nitrogens with zero attached hydrogens (tertiary/aromatic N) is 1. The summed E-state index contributed by atoms with van der Waals surface area (Å²) < 4.78 is 0. The van der Waals surface area contributed by atoms with E-state index in [1.54, 1.807) is 6.07 Å². The van der Waals surface area contributed by atoms with Crippen LogP contribution in [0, 0.1) is 12.8 Å². The first kappa shape index (κ1) is 18.3. The standard InChI is InChI=1S/C19H29N3O2/c1-5-15(4)20-18(23)16-6-7-17(14(3)12-16)21-19(24)22-10-8-13(2)9-11-22/h6-7,12-13,15H,5,8-11H2,1-4H3,(H,20,23)(H,21,24). The average molecular weight is 331 g/mol. The zero-order chi connectivity index (χ0) is 17.7. The number of nitrogens with one attached hydrogen (secondary N) is 2. The Balaban J connectivity index is 1.99. The molecule has 0 aromatic heterocycles. The van der Waals surface area contributed by atoms with Gasteiger partial charge >= 0.3 is 6.03 Å². The van der Waals surface area contributed by atoms with E-state index in [1.807, 2.05) is 37.8 Å². The molecule has 1 saturated heterocycles. The molecule has 0 bridgehead atoms. The van der Waals surface area contributed by atoms with Crippen LogP contribution in [-0.4, -0.2) is 36.0 Å². The van der Waals surface area contributed by atoms with E-state index in [9.17, 15) is 9.59 Å². The Morgan fingerprint density at radius 3 is 2.54 bits per heavy atom. The number of amides is 3. The molecule has 0 spiro atoms. The van der Waals surface area contributed by atoms with Gasteiger partial charge in [0.1, 0.15) is 0 Å². The second-order valence-corrected chi connectivity index (χ2v) is 6.91. The summed E-state index contributed by atoms with van der Waals surface area (Å²) in [7, 11) is 0. The molecule has 24 heavy (non-hydrogen) atoms. The molecular weight excluding hydrogens is 302 g/mol. The largest absolute Gasteiger partial charge is 0.350 e. The molecular formula is C19H29N3O2. The molecule has 0 aliphatic carbocycles. The van der Waals surface area contributed by atoms with Crippen LogP contribution in [0.15, 0.2) is 18.2 Å². The molecule has 1 aliphatic heterocycles. The second-order valence-electron chi connectivity index (χ2n) is 6.91. The summed E-state index contributed by atoms with van der Waals surface area (Å²) in [6.45, 7) is 9.77. The summed E-state index contributed by atoms with van der Waals surface area (Å²) in [5, 5.41) is 5.92. The highest BCUT2D eigenvalue weighted by atomic mass is 16.2. The number of carbonyl (C=O) groups is 2. The Morgan fingerprint density at radius 2 is 1.96 bits per heavy atom. The van der Waals surface area contributed by atoms with Crippen LogP contribution < -0.4 is 10.6 Å². The first-order chi connectivity index (χ1) is 11.4. The van der Waals surface area contributed by atoms with Gasteiger partial charge in [-0.3, -0.25) is 4.79 Å². The molecule has 1 unspecified atom stereocenters. The number of rotatable bonds is 4. The van der Waals surface area contributed by atoms with E-state index in [0.29, 0.717) is 11.5 Å². The normalized spacial score (nSPS) is 16.6. The highest BCUT2D eigenvalue weighted by molar-refractivity contribution is 5.96. The summed E-state index contributed by atoms with van der Waals surface area (Å²) in [6, 6.07) is 5.50. The van der Waals surface area contributed by atoms with Gasteiger partial charge in [0.05, 0.1) is 0 Å². The monoisotopic (exact) mass is 331 g/mol. The lowest BCUT2D eigenvalue weighted by Gasteiger charge is -2.30. The van der Waals surface area contributed by atoms with Gasteiger partial charge in [-0.25, -0.2) is 4.79 Å². The summed E-state index contributed by atoms with van der Waals surface area (Å²) in [6.07, 6.45) is 3.01. The predicted octanol–water partition coefficient (Wildman–Crippen LogP) is 3.79. The highest BCUT2D eigenvalue weighted by Crippen LogP contribution is 2.20. The zero-order valence-electron chi connectivity index (χ0n) is 15.2. The number of aryl methyl sites for hydroxylation is 1. The van der Waals surface area contributed by atoms with Crippen molar-refractivity contribution in [2.24, 2.45) is 5.92 Å².